The number of nitrogens with one attached hydrogen (secondary N) is 1. The topological polar surface area (TPSA) is 160 Å². The van der Waals surface area contributed by atoms with Crippen molar-refractivity contribution < 1.29 is 34.7 Å². The van der Waals surface area contributed by atoms with Crippen LogP contribution in [-0.2, 0) is 0 Å². The summed E-state index contributed by atoms with van der Waals surface area (Å²) in [4.78, 5) is 25.5. The predicted molar refractivity (Wildman–Crippen MR) is 115 cm³/mol. The molecule has 0 saturated carbocycles. The van der Waals surface area contributed by atoms with E-state index >= 15 is 0 Å². The van der Waals surface area contributed by atoms with Crippen molar-refractivity contribution in [3.8, 4) is 40.1 Å². The number of benzene rings is 3. The van der Waals surface area contributed by atoms with Gasteiger partial charge in [0, 0.05) is 11.1 Å². The number of aromatic hydroxyl groups is 5. The number of hydrogen-bond donors (Lipinski definition) is 6. The quantitative estimate of drug-likeness (QED) is 0.266. The average Bonchev–Trinajstić information content (AvgIpc) is 2.75. The molecule has 1 aromatic heterocycles. The monoisotopic (exact) mass is 435 g/mol. The first kappa shape index (κ1) is 20.6. The second-order valence-corrected chi connectivity index (χ2v) is 7.16. The smallest absolute Gasteiger partial charge is 0.255 e. The lowest BCUT2D eigenvalue weighted by molar-refractivity contribution is 0.102. The molecule has 4 aromatic rings. The van der Waals surface area contributed by atoms with Gasteiger partial charge in [0.15, 0.2) is 34.3 Å². The highest BCUT2D eigenvalue weighted by molar-refractivity contribution is 6.08. The molecule has 0 radical (unpaired) electrons. The Bertz CT molecular complexity index is 1460. The fraction of sp³-hybridized carbons (Fsp3) is 0.0435. The second kappa shape index (κ2) is 7.55. The van der Waals surface area contributed by atoms with E-state index in [4.69, 9.17) is 4.42 Å². The van der Waals surface area contributed by atoms with E-state index < -0.39 is 34.3 Å². The van der Waals surface area contributed by atoms with Crippen LogP contribution in [0.1, 0.15) is 15.9 Å². The van der Waals surface area contributed by atoms with Crippen LogP contribution in [0.15, 0.2) is 57.7 Å². The first-order chi connectivity index (χ1) is 15.2. The number of fused-ring (bicyclic) bond motifs is 1. The molecule has 4 rings (SSSR count). The van der Waals surface area contributed by atoms with Crippen molar-refractivity contribution in [3.05, 3.63) is 69.9 Å². The summed E-state index contributed by atoms with van der Waals surface area (Å²) >= 11 is 0. The molecule has 3 aromatic carbocycles. The highest BCUT2D eigenvalue weighted by atomic mass is 16.4. The molecule has 0 aliphatic rings. The van der Waals surface area contributed by atoms with E-state index in [1.807, 2.05) is 0 Å². The van der Waals surface area contributed by atoms with Crippen LogP contribution in [0.2, 0.25) is 0 Å². The lowest BCUT2D eigenvalue weighted by Crippen LogP contribution is -2.13. The molecule has 1 heterocycles. The van der Waals surface area contributed by atoms with Crippen molar-refractivity contribution in [2.24, 2.45) is 0 Å². The van der Waals surface area contributed by atoms with Gasteiger partial charge in [-0.3, -0.25) is 9.59 Å². The summed E-state index contributed by atoms with van der Waals surface area (Å²) in [5.74, 6) is -3.34. The minimum Gasteiger partial charge on any atom is -0.504 e. The third kappa shape index (κ3) is 3.52. The molecule has 9 heteroatoms. The molecule has 0 unspecified atom stereocenters. The van der Waals surface area contributed by atoms with Crippen LogP contribution in [0.25, 0.3) is 22.3 Å². The third-order valence-corrected chi connectivity index (χ3v) is 4.84. The van der Waals surface area contributed by atoms with Crippen molar-refractivity contribution in [2.45, 2.75) is 6.92 Å². The van der Waals surface area contributed by atoms with Crippen LogP contribution >= 0.6 is 0 Å². The number of hydrogen-bond acceptors (Lipinski definition) is 8. The Labute approximate surface area is 180 Å². The lowest BCUT2D eigenvalue weighted by Gasteiger charge is -2.12. The van der Waals surface area contributed by atoms with E-state index in [1.54, 1.807) is 13.0 Å². The molecule has 32 heavy (non-hydrogen) atoms. The van der Waals surface area contributed by atoms with Gasteiger partial charge in [-0.2, -0.15) is 0 Å². The summed E-state index contributed by atoms with van der Waals surface area (Å²) in [5.41, 5.74) is 0.104. The van der Waals surface area contributed by atoms with Crippen LogP contribution in [-0.4, -0.2) is 31.4 Å². The molecule has 0 aliphatic carbocycles. The van der Waals surface area contributed by atoms with E-state index in [2.05, 4.69) is 5.32 Å². The molecule has 6 N–H and O–H groups in total. The van der Waals surface area contributed by atoms with Crippen molar-refractivity contribution in [1.29, 1.82) is 0 Å². The minimum atomic E-state index is -0.754. The highest BCUT2D eigenvalue weighted by Crippen LogP contribution is 2.37. The Morgan fingerprint density at radius 1 is 0.844 bits per heavy atom. The number of rotatable bonds is 3. The number of amides is 1. The molecule has 1 amide bonds. The number of carbonyl (C=O) groups is 1. The zero-order chi connectivity index (χ0) is 23.2. The van der Waals surface area contributed by atoms with Gasteiger partial charge in [0.05, 0.1) is 11.1 Å². The third-order valence-electron chi connectivity index (χ3n) is 4.84. The van der Waals surface area contributed by atoms with Crippen molar-refractivity contribution in [3.63, 3.8) is 0 Å². The zero-order valence-corrected chi connectivity index (χ0v) is 16.6. The second-order valence-electron chi connectivity index (χ2n) is 7.16. The SMILES string of the molecule is Cc1cc(NC(=O)c2ccc(O)c(O)c2)c2oc(-c3ccc(O)c(O)c3)c(O)c(=O)c2c1. The first-order valence-electron chi connectivity index (χ1n) is 9.32. The molecule has 9 nitrogen and oxygen atoms in total. The Balaban J connectivity index is 1.88. The van der Waals surface area contributed by atoms with E-state index in [-0.39, 0.29) is 39.3 Å². The van der Waals surface area contributed by atoms with Gasteiger partial charge in [0.1, 0.15) is 0 Å². The maximum Gasteiger partial charge on any atom is 0.255 e. The normalized spacial score (nSPS) is 10.9. The van der Waals surface area contributed by atoms with Crippen LogP contribution in [0.5, 0.6) is 28.7 Å². The van der Waals surface area contributed by atoms with Gasteiger partial charge < -0.3 is 35.3 Å². The van der Waals surface area contributed by atoms with Crippen molar-refractivity contribution in [1.82, 2.24) is 0 Å². The largest absolute Gasteiger partial charge is 0.504 e. The van der Waals surface area contributed by atoms with Gasteiger partial charge >= 0.3 is 0 Å². The van der Waals surface area contributed by atoms with Gasteiger partial charge in [0.2, 0.25) is 11.2 Å². The summed E-state index contributed by atoms with van der Waals surface area (Å²) < 4.78 is 5.77. The maximum atomic E-state index is 12.8. The first-order valence-corrected chi connectivity index (χ1v) is 9.32. The van der Waals surface area contributed by atoms with E-state index in [1.165, 1.54) is 24.3 Å². The van der Waals surface area contributed by atoms with E-state index in [9.17, 15) is 35.1 Å². The summed E-state index contributed by atoms with van der Waals surface area (Å²) in [7, 11) is 0. The summed E-state index contributed by atoms with van der Waals surface area (Å²) in [6, 6.07) is 10.2. The Morgan fingerprint density at radius 2 is 1.50 bits per heavy atom. The average molecular weight is 435 g/mol. The van der Waals surface area contributed by atoms with Crippen LogP contribution in [0.3, 0.4) is 0 Å². The molecule has 0 aliphatic heterocycles. The molecule has 162 valence electrons. The van der Waals surface area contributed by atoms with Crippen LogP contribution < -0.4 is 10.7 Å². The Morgan fingerprint density at radius 3 is 2.16 bits per heavy atom. The van der Waals surface area contributed by atoms with E-state index in [0.29, 0.717) is 5.56 Å². The molecule has 0 saturated heterocycles. The summed E-state index contributed by atoms with van der Waals surface area (Å²) in [6.07, 6.45) is 0. The van der Waals surface area contributed by atoms with Gasteiger partial charge in [-0.25, -0.2) is 0 Å². The van der Waals surface area contributed by atoms with Gasteiger partial charge in [0.25, 0.3) is 5.91 Å². The molecular weight excluding hydrogens is 418 g/mol. The number of aryl methyl sites for hydroxylation is 1. The number of phenols is 4. The maximum absolute atomic E-state index is 12.8. The lowest BCUT2D eigenvalue weighted by atomic mass is 10.1. The van der Waals surface area contributed by atoms with Crippen LogP contribution in [0, 0.1) is 6.92 Å². The van der Waals surface area contributed by atoms with Crippen molar-refractivity contribution >= 4 is 22.6 Å². The predicted octanol–water partition coefficient (Wildman–Crippen LogP) is 3.55. The standard InChI is InChI=1S/C23H17NO8/c1-10-6-13-19(29)20(30)21(11-2-4-15(25)17(27)8-11)32-22(13)14(7-10)24-23(31)12-3-5-16(26)18(28)9-12/h2-9,25-28,30H,1H3,(H,24,31). The molecule has 0 spiro atoms. The number of anilines is 1. The molecule has 0 fully saturated rings. The molecule has 0 bridgehead atoms. The Kier molecular flexibility index (Phi) is 4.86. The van der Waals surface area contributed by atoms with Crippen LogP contribution in [0.4, 0.5) is 5.69 Å². The minimum absolute atomic E-state index is 0.0121. The van der Waals surface area contributed by atoms with Gasteiger partial charge in [-0.15, -0.1) is 0 Å². The molecule has 0 atom stereocenters. The molecular formula is C23H17NO8. The summed E-state index contributed by atoms with van der Waals surface area (Å²) in [6.45, 7) is 1.68. The zero-order valence-electron chi connectivity index (χ0n) is 16.6. The number of phenolic OH excluding ortho intramolecular Hbond substituents is 4. The van der Waals surface area contributed by atoms with Gasteiger partial charge in [-0.1, -0.05) is 0 Å². The fourth-order valence-corrected chi connectivity index (χ4v) is 3.25. The number of carbonyl (C=O) groups excluding carboxylic acids is 1. The van der Waals surface area contributed by atoms with E-state index in [0.717, 1.165) is 18.2 Å². The van der Waals surface area contributed by atoms with Crippen molar-refractivity contribution in [2.75, 3.05) is 5.32 Å². The summed E-state index contributed by atoms with van der Waals surface area (Å²) in [5, 5.41) is 51.4. The highest BCUT2D eigenvalue weighted by Gasteiger charge is 2.20. The van der Waals surface area contributed by atoms with Gasteiger partial charge in [-0.05, 0) is 61.0 Å². The fourth-order valence-electron chi connectivity index (χ4n) is 3.25. The Hall–Kier alpha value is -4.66.